The minimum absolute atomic E-state index is 0.0813. The number of aromatic nitrogens is 1. The fourth-order valence-corrected chi connectivity index (χ4v) is 1.61. The van der Waals surface area contributed by atoms with Gasteiger partial charge in [0.2, 0.25) is 0 Å². The predicted molar refractivity (Wildman–Crippen MR) is 81.4 cm³/mol. The maximum Gasteiger partial charge on any atom is 0.277 e. The summed E-state index contributed by atoms with van der Waals surface area (Å²) in [6.07, 6.45) is 3.14. The number of ether oxygens (including phenoxy) is 1. The Morgan fingerprint density at radius 2 is 2.14 bits per heavy atom. The summed E-state index contributed by atoms with van der Waals surface area (Å²) in [4.78, 5) is 15.6. The number of amides is 1. The molecule has 0 aliphatic rings. The van der Waals surface area contributed by atoms with Gasteiger partial charge in [0.25, 0.3) is 5.91 Å². The number of hydrazone groups is 1. The highest BCUT2D eigenvalue weighted by Gasteiger charge is 2.02. The van der Waals surface area contributed by atoms with Crippen molar-refractivity contribution in [2.45, 2.75) is 13.8 Å². The lowest BCUT2D eigenvalue weighted by atomic mass is 10.1. The van der Waals surface area contributed by atoms with Crippen LogP contribution in [0.1, 0.15) is 16.8 Å². The lowest BCUT2D eigenvalue weighted by Gasteiger charge is -2.07. The SMILES string of the molecule is Cc1ccc(OCC(=O)N/N=C/c2ccccn2)cc1C. The fourth-order valence-electron chi connectivity index (χ4n) is 1.61. The van der Waals surface area contributed by atoms with Crippen LogP contribution in [0.5, 0.6) is 5.75 Å². The Labute approximate surface area is 123 Å². The number of aryl methyl sites for hydroxylation is 2. The van der Waals surface area contributed by atoms with Gasteiger partial charge >= 0.3 is 0 Å². The second kappa shape index (κ2) is 7.19. The third kappa shape index (κ3) is 4.72. The van der Waals surface area contributed by atoms with Crippen LogP contribution in [-0.4, -0.2) is 23.7 Å². The van der Waals surface area contributed by atoms with Crippen LogP contribution in [0.3, 0.4) is 0 Å². The van der Waals surface area contributed by atoms with Crippen LogP contribution in [0.15, 0.2) is 47.7 Å². The summed E-state index contributed by atoms with van der Waals surface area (Å²) in [5.41, 5.74) is 5.38. The van der Waals surface area contributed by atoms with Crippen molar-refractivity contribution in [2.24, 2.45) is 5.10 Å². The highest BCUT2D eigenvalue weighted by Crippen LogP contribution is 2.16. The van der Waals surface area contributed by atoms with E-state index < -0.39 is 0 Å². The van der Waals surface area contributed by atoms with E-state index in [1.165, 1.54) is 11.8 Å². The zero-order chi connectivity index (χ0) is 15.1. The molecule has 0 spiro atoms. The first-order chi connectivity index (χ1) is 10.1. The molecule has 5 nitrogen and oxygen atoms in total. The van der Waals surface area contributed by atoms with Crippen molar-refractivity contribution in [1.82, 2.24) is 10.4 Å². The number of rotatable bonds is 5. The largest absolute Gasteiger partial charge is 0.484 e. The first-order valence-corrected chi connectivity index (χ1v) is 6.58. The van der Waals surface area contributed by atoms with Crippen molar-refractivity contribution < 1.29 is 9.53 Å². The second-order valence-electron chi connectivity index (χ2n) is 4.58. The van der Waals surface area contributed by atoms with E-state index in [9.17, 15) is 4.79 Å². The molecule has 0 bridgehead atoms. The summed E-state index contributed by atoms with van der Waals surface area (Å²) in [5, 5.41) is 3.82. The van der Waals surface area contributed by atoms with Gasteiger partial charge in [0.05, 0.1) is 11.9 Å². The normalized spacial score (nSPS) is 10.6. The van der Waals surface area contributed by atoms with Crippen molar-refractivity contribution in [3.05, 3.63) is 59.4 Å². The van der Waals surface area contributed by atoms with E-state index in [4.69, 9.17) is 4.74 Å². The molecule has 0 aliphatic carbocycles. The topological polar surface area (TPSA) is 63.6 Å². The Morgan fingerprint density at radius 3 is 2.86 bits per heavy atom. The Hall–Kier alpha value is -2.69. The molecule has 1 aromatic carbocycles. The summed E-state index contributed by atoms with van der Waals surface area (Å²) < 4.78 is 5.40. The van der Waals surface area contributed by atoms with Crippen molar-refractivity contribution >= 4 is 12.1 Å². The number of pyridine rings is 1. The molecule has 0 saturated heterocycles. The van der Waals surface area contributed by atoms with Crippen LogP contribution in [-0.2, 0) is 4.79 Å². The highest BCUT2D eigenvalue weighted by molar-refractivity contribution is 5.81. The molecular weight excluding hydrogens is 266 g/mol. The van der Waals surface area contributed by atoms with Crippen LogP contribution in [0.25, 0.3) is 0 Å². The zero-order valence-corrected chi connectivity index (χ0v) is 12.0. The first kappa shape index (κ1) is 14.7. The van der Waals surface area contributed by atoms with Crippen LogP contribution in [0.4, 0.5) is 0 Å². The first-order valence-electron chi connectivity index (χ1n) is 6.58. The van der Waals surface area contributed by atoms with Crippen LogP contribution < -0.4 is 10.2 Å². The zero-order valence-electron chi connectivity index (χ0n) is 12.0. The molecule has 5 heteroatoms. The summed E-state index contributed by atoms with van der Waals surface area (Å²) in [6.45, 7) is 3.94. The summed E-state index contributed by atoms with van der Waals surface area (Å²) in [5.74, 6) is 0.349. The number of nitrogens with one attached hydrogen (secondary N) is 1. The van der Waals surface area contributed by atoms with Gasteiger partial charge in [-0.1, -0.05) is 12.1 Å². The lowest BCUT2D eigenvalue weighted by Crippen LogP contribution is -2.24. The fraction of sp³-hybridized carbons (Fsp3) is 0.188. The van der Waals surface area contributed by atoms with Crippen LogP contribution in [0, 0.1) is 13.8 Å². The molecule has 0 saturated carbocycles. The molecule has 2 rings (SSSR count). The van der Waals surface area contributed by atoms with Gasteiger partial charge in [-0.3, -0.25) is 9.78 Å². The van der Waals surface area contributed by atoms with Gasteiger partial charge in [0.1, 0.15) is 5.75 Å². The number of nitrogens with zero attached hydrogens (tertiary/aromatic N) is 2. The quantitative estimate of drug-likeness (QED) is 0.676. The maximum absolute atomic E-state index is 11.6. The third-order valence-corrected chi connectivity index (χ3v) is 2.92. The summed E-state index contributed by atoms with van der Waals surface area (Å²) >= 11 is 0. The highest BCUT2D eigenvalue weighted by atomic mass is 16.5. The molecule has 0 fully saturated rings. The molecule has 1 N–H and O–H groups in total. The number of benzene rings is 1. The monoisotopic (exact) mass is 283 g/mol. The van der Waals surface area contributed by atoms with E-state index in [1.807, 2.05) is 44.2 Å². The summed E-state index contributed by atoms with van der Waals surface area (Å²) in [6, 6.07) is 11.2. The third-order valence-electron chi connectivity index (χ3n) is 2.92. The number of carbonyl (C=O) groups excluding carboxylic acids is 1. The van der Waals surface area contributed by atoms with Gasteiger partial charge in [0, 0.05) is 6.20 Å². The molecule has 108 valence electrons. The Morgan fingerprint density at radius 1 is 1.29 bits per heavy atom. The van der Waals surface area contributed by atoms with Gasteiger partial charge in [-0.05, 0) is 49.2 Å². The summed E-state index contributed by atoms with van der Waals surface area (Å²) in [7, 11) is 0. The molecular formula is C16H17N3O2. The van der Waals surface area contributed by atoms with E-state index in [0.717, 1.165) is 5.56 Å². The van der Waals surface area contributed by atoms with Crippen LogP contribution >= 0.6 is 0 Å². The average Bonchev–Trinajstić information content (AvgIpc) is 2.49. The number of carbonyl (C=O) groups is 1. The molecule has 1 heterocycles. The molecule has 0 atom stereocenters. The van der Waals surface area contributed by atoms with E-state index in [-0.39, 0.29) is 12.5 Å². The van der Waals surface area contributed by atoms with Crippen LogP contribution in [0.2, 0.25) is 0 Å². The van der Waals surface area contributed by atoms with Gasteiger partial charge in [0.15, 0.2) is 6.61 Å². The van der Waals surface area contributed by atoms with Gasteiger partial charge in [-0.2, -0.15) is 5.10 Å². The smallest absolute Gasteiger partial charge is 0.277 e. The van der Waals surface area contributed by atoms with Crippen molar-refractivity contribution in [1.29, 1.82) is 0 Å². The van der Waals surface area contributed by atoms with E-state index in [0.29, 0.717) is 11.4 Å². The minimum Gasteiger partial charge on any atom is -0.484 e. The van der Waals surface area contributed by atoms with Gasteiger partial charge in [-0.25, -0.2) is 5.43 Å². The predicted octanol–water partition coefficient (Wildman–Crippen LogP) is 2.23. The van der Waals surface area contributed by atoms with Crippen molar-refractivity contribution in [2.75, 3.05) is 6.61 Å². The van der Waals surface area contributed by atoms with E-state index in [1.54, 1.807) is 12.3 Å². The molecule has 1 amide bonds. The lowest BCUT2D eigenvalue weighted by molar-refractivity contribution is -0.123. The standard InChI is InChI=1S/C16H17N3O2/c1-12-6-7-15(9-13(12)2)21-11-16(20)19-18-10-14-5-3-4-8-17-14/h3-10H,11H2,1-2H3,(H,19,20)/b18-10+. The minimum atomic E-state index is -0.319. The molecule has 0 unspecified atom stereocenters. The van der Waals surface area contributed by atoms with Gasteiger partial charge < -0.3 is 4.74 Å². The molecule has 21 heavy (non-hydrogen) atoms. The van der Waals surface area contributed by atoms with Crippen molar-refractivity contribution in [3.8, 4) is 5.75 Å². The second-order valence-corrected chi connectivity index (χ2v) is 4.58. The molecule has 1 aromatic heterocycles. The molecule has 0 radical (unpaired) electrons. The molecule has 2 aromatic rings. The van der Waals surface area contributed by atoms with Crippen molar-refractivity contribution in [3.63, 3.8) is 0 Å². The Bertz CT molecular complexity index is 639. The van der Waals surface area contributed by atoms with Gasteiger partial charge in [-0.15, -0.1) is 0 Å². The maximum atomic E-state index is 11.6. The number of hydrogen-bond donors (Lipinski definition) is 1. The van der Waals surface area contributed by atoms with E-state index in [2.05, 4.69) is 15.5 Å². The van der Waals surface area contributed by atoms with E-state index >= 15 is 0 Å². The number of hydrogen-bond acceptors (Lipinski definition) is 4. The molecule has 0 aliphatic heterocycles. The average molecular weight is 283 g/mol. The Balaban J connectivity index is 1.79. The Kier molecular flexibility index (Phi) is 5.04.